The molecule has 1 atom stereocenters. The molecule has 1 aliphatic heterocycles. The Hall–Kier alpha value is -2.91. The van der Waals surface area contributed by atoms with Gasteiger partial charge in [-0.2, -0.15) is 0 Å². The number of nitrogens with zero attached hydrogens (tertiary/aromatic N) is 1. The predicted molar refractivity (Wildman–Crippen MR) is 134 cm³/mol. The van der Waals surface area contributed by atoms with Crippen LogP contribution in [-0.2, 0) is 19.1 Å². The molecular weight excluding hydrogens is 502 g/mol. The molecule has 34 heavy (non-hydrogen) atoms. The minimum atomic E-state index is -0.375. The monoisotopic (exact) mass is 531 g/mol. The summed E-state index contributed by atoms with van der Waals surface area (Å²) in [6.45, 7) is 5.17. The molecule has 0 saturated carbocycles. The normalized spacial score (nSPS) is 15.4. The van der Waals surface area contributed by atoms with Crippen molar-refractivity contribution in [3.63, 3.8) is 0 Å². The number of hydrogen-bond donors (Lipinski definition) is 2. The van der Waals surface area contributed by atoms with E-state index in [-0.39, 0.29) is 36.7 Å². The third-order valence-corrected chi connectivity index (χ3v) is 6.06. The van der Waals surface area contributed by atoms with E-state index < -0.39 is 0 Å². The average Bonchev–Trinajstić information content (AvgIpc) is 3.19. The second-order valence-corrected chi connectivity index (χ2v) is 9.20. The van der Waals surface area contributed by atoms with Crippen LogP contribution in [0.1, 0.15) is 24.0 Å². The third-order valence-electron chi connectivity index (χ3n) is 5.60. The maximum Gasteiger partial charge on any atom is 0.262 e. The molecule has 8 nitrogen and oxygen atoms in total. The van der Waals surface area contributed by atoms with Crippen molar-refractivity contribution >= 4 is 45.0 Å². The number of benzene rings is 2. The highest BCUT2D eigenvalue weighted by molar-refractivity contribution is 9.10. The van der Waals surface area contributed by atoms with Crippen LogP contribution in [0, 0.1) is 19.8 Å². The first kappa shape index (κ1) is 25.7. The zero-order chi connectivity index (χ0) is 24.7. The highest BCUT2D eigenvalue weighted by atomic mass is 79.9. The summed E-state index contributed by atoms with van der Waals surface area (Å²) in [6.07, 6.45) is 0.915. The van der Waals surface area contributed by atoms with Gasteiger partial charge < -0.3 is 25.0 Å². The number of carbonyl (C=O) groups excluding carboxylic acids is 3. The third kappa shape index (κ3) is 6.80. The smallest absolute Gasteiger partial charge is 0.262 e. The molecule has 1 aliphatic rings. The Bertz CT molecular complexity index is 1020. The van der Waals surface area contributed by atoms with Crippen LogP contribution in [-0.4, -0.2) is 51.1 Å². The number of carbonyl (C=O) groups is 3. The van der Waals surface area contributed by atoms with Crippen molar-refractivity contribution in [3.8, 4) is 5.75 Å². The Balaban J connectivity index is 1.50. The molecule has 1 fully saturated rings. The standard InChI is InChI=1S/C25H30BrN3O5/c1-16-11-19(26)12-17(2)24(16)28-22(30)15-34-21-7-5-20(6-8-21)29-14-18(13-23(29)31)25(32)27-9-4-10-33-3/h5-8,11-12,18H,4,9-10,13-15H2,1-3H3,(H,27,32)(H,28,30)/t18-/m0/s1. The summed E-state index contributed by atoms with van der Waals surface area (Å²) < 4.78 is 11.5. The van der Waals surface area contributed by atoms with E-state index in [4.69, 9.17) is 9.47 Å². The van der Waals surface area contributed by atoms with Crippen molar-refractivity contribution in [2.45, 2.75) is 26.7 Å². The zero-order valence-electron chi connectivity index (χ0n) is 19.7. The van der Waals surface area contributed by atoms with Crippen LogP contribution in [0.15, 0.2) is 40.9 Å². The van der Waals surface area contributed by atoms with Crippen molar-refractivity contribution in [3.05, 3.63) is 52.0 Å². The molecule has 9 heteroatoms. The lowest BCUT2D eigenvalue weighted by molar-refractivity contribution is -0.126. The van der Waals surface area contributed by atoms with Crippen molar-refractivity contribution in [1.29, 1.82) is 0 Å². The summed E-state index contributed by atoms with van der Waals surface area (Å²) in [7, 11) is 1.62. The summed E-state index contributed by atoms with van der Waals surface area (Å²) in [4.78, 5) is 38.8. The summed E-state index contributed by atoms with van der Waals surface area (Å²) in [5.74, 6) is -0.325. The number of rotatable bonds is 10. The van der Waals surface area contributed by atoms with E-state index >= 15 is 0 Å². The van der Waals surface area contributed by atoms with Crippen LogP contribution in [0.3, 0.4) is 0 Å². The molecular formula is C25H30BrN3O5. The molecule has 3 amide bonds. The van der Waals surface area contributed by atoms with Gasteiger partial charge in [-0.3, -0.25) is 14.4 Å². The second-order valence-electron chi connectivity index (χ2n) is 8.29. The van der Waals surface area contributed by atoms with Gasteiger partial charge in [-0.15, -0.1) is 0 Å². The Kier molecular flexibility index (Phi) is 9.06. The Morgan fingerprint density at radius 2 is 1.82 bits per heavy atom. The van der Waals surface area contributed by atoms with Gasteiger partial charge in [0.25, 0.3) is 5.91 Å². The lowest BCUT2D eigenvalue weighted by Gasteiger charge is -2.17. The van der Waals surface area contributed by atoms with Gasteiger partial charge in [0.15, 0.2) is 6.61 Å². The Morgan fingerprint density at radius 3 is 2.47 bits per heavy atom. The minimum absolute atomic E-state index is 0.0923. The molecule has 0 radical (unpaired) electrons. The highest BCUT2D eigenvalue weighted by Crippen LogP contribution is 2.27. The molecule has 1 saturated heterocycles. The van der Waals surface area contributed by atoms with E-state index in [2.05, 4.69) is 26.6 Å². The van der Waals surface area contributed by atoms with Gasteiger partial charge in [-0.1, -0.05) is 15.9 Å². The molecule has 0 aliphatic carbocycles. The van der Waals surface area contributed by atoms with Crippen LogP contribution in [0.4, 0.5) is 11.4 Å². The van der Waals surface area contributed by atoms with E-state index in [0.717, 1.165) is 27.7 Å². The first-order valence-electron chi connectivity index (χ1n) is 11.1. The largest absolute Gasteiger partial charge is 0.484 e. The molecule has 2 aromatic rings. The van der Waals surface area contributed by atoms with E-state index in [9.17, 15) is 14.4 Å². The molecule has 3 rings (SSSR count). The highest BCUT2D eigenvalue weighted by Gasteiger charge is 2.34. The Morgan fingerprint density at radius 1 is 1.15 bits per heavy atom. The number of anilines is 2. The molecule has 0 unspecified atom stereocenters. The van der Waals surface area contributed by atoms with Crippen molar-refractivity contribution < 1.29 is 23.9 Å². The van der Waals surface area contributed by atoms with Gasteiger partial charge in [0.1, 0.15) is 5.75 Å². The number of ether oxygens (including phenoxy) is 2. The lowest BCUT2D eigenvalue weighted by Crippen LogP contribution is -2.33. The number of hydrogen-bond acceptors (Lipinski definition) is 5. The fourth-order valence-electron chi connectivity index (χ4n) is 3.86. The van der Waals surface area contributed by atoms with Crippen LogP contribution in [0.5, 0.6) is 5.75 Å². The summed E-state index contributed by atoms with van der Waals surface area (Å²) in [5, 5.41) is 5.75. The number of halogens is 1. The van der Waals surface area contributed by atoms with Crippen molar-refractivity contribution in [2.75, 3.05) is 43.6 Å². The molecule has 0 bridgehead atoms. The predicted octanol–water partition coefficient (Wildman–Crippen LogP) is 3.59. The first-order chi connectivity index (χ1) is 16.3. The van der Waals surface area contributed by atoms with Gasteiger partial charge in [0, 0.05) is 49.1 Å². The number of amides is 3. The van der Waals surface area contributed by atoms with Gasteiger partial charge in [0.2, 0.25) is 11.8 Å². The van der Waals surface area contributed by atoms with Crippen LogP contribution in [0.25, 0.3) is 0 Å². The Labute approximate surface area is 208 Å². The fraction of sp³-hybridized carbons (Fsp3) is 0.400. The quantitative estimate of drug-likeness (QED) is 0.456. The topological polar surface area (TPSA) is 97.0 Å². The molecule has 0 aromatic heterocycles. The molecule has 1 heterocycles. The van der Waals surface area contributed by atoms with Crippen LogP contribution < -0.4 is 20.3 Å². The van der Waals surface area contributed by atoms with Gasteiger partial charge in [0.05, 0.1) is 5.92 Å². The molecule has 0 spiro atoms. The summed E-state index contributed by atoms with van der Waals surface area (Å²) in [5.41, 5.74) is 3.39. The number of nitrogens with one attached hydrogen (secondary N) is 2. The SMILES string of the molecule is COCCCNC(=O)[C@H]1CC(=O)N(c2ccc(OCC(=O)Nc3c(C)cc(Br)cc3C)cc2)C1. The lowest BCUT2D eigenvalue weighted by atomic mass is 10.1. The minimum Gasteiger partial charge on any atom is -0.484 e. The zero-order valence-corrected chi connectivity index (χ0v) is 21.2. The average molecular weight is 532 g/mol. The van der Waals surface area contributed by atoms with Gasteiger partial charge in [-0.25, -0.2) is 0 Å². The molecule has 2 N–H and O–H groups in total. The summed E-state index contributed by atoms with van der Waals surface area (Å²) in [6, 6.07) is 10.8. The fourth-order valence-corrected chi connectivity index (χ4v) is 4.55. The molecule has 182 valence electrons. The van der Waals surface area contributed by atoms with Crippen molar-refractivity contribution in [1.82, 2.24) is 5.32 Å². The summed E-state index contributed by atoms with van der Waals surface area (Å²) >= 11 is 3.45. The second kappa shape index (κ2) is 12.0. The number of methoxy groups -OCH3 is 1. The van der Waals surface area contributed by atoms with E-state index in [1.54, 1.807) is 36.3 Å². The van der Waals surface area contributed by atoms with E-state index in [0.29, 0.717) is 31.1 Å². The first-order valence-corrected chi connectivity index (χ1v) is 11.9. The van der Waals surface area contributed by atoms with E-state index in [1.807, 2.05) is 26.0 Å². The number of aryl methyl sites for hydroxylation is 2. The van der Waals surface area contributed by atoms with Crippen LogP contribution in [0.2, 0.25) is 0 Å². The maximum atomic E-state index is 12.5. The molecule has 2 aromatic carbocycles. The maximum absolute atomic E-state index is 12.5. The van der Waals surface area contributed by atoms with E-state index in [1.165, 1.54) is 0 Å². The van der Waals surface area contributed by atoms with Crippen molar-refractivity contribution in [2.24, 2.45) is 5.92 Å². The van der Waals surface area contributed by atoms with Crippen LogP contribution >= 0.6 is 15.9 Å². The van der Waals surface area contributed by atoms with Gasteiger partial charge >= 0.3 is 0 Å². The van der Waals surface area contributed by atoms with Gasteiger partial charge in [-0.05, 0) is 67.8 Å².